The Balaban J connectivity index is 1.81. The van der Waals surface area contributed by atoms with Crippen molar-refractivity contribution in [3.63, 3.8) is 0 Å². The van der Waals surface area contributed by atoms with Crippen LogP contribution in [0.2, 0.25) is 0 Å². The van der Waals surface area contributed by atoms with E-state index in [1.807, 2.05) is 12.1 Å². The number of nitriles is 1. The minimum Gasteiger partial charge on any atom is -0.493 e. The number of hydrogen-bond acceptors (Lipinski definition) is 2. The second-order valence-electron chi connectivity index (χ2n) is 5.37. The summed E-state index contributed by atoms with van der Waals surface area (Å²) in [7, 11) is 0. The van der Waals surface area contributed by atoms with Gasteiger partial charge >= 0.3 is 0 Å². The summed E-state index contributed by atoms with van der Waals surface area (Å²) in [5.74, 6) is 0.930. The van der Waals surface area contributed by atoms with Gasteiger partial charge in [0.1, 0.15) is 5.75 Å². The molecule has 0 saturated heterocycles. The van der Waals surface area contributed by atoms with Gasteiger partial charge in [0.05, 0.1) is 12.7 Å². The first kappa shape index (κ1) is 13.0. The monoisotopic (exact) mass is 243 g/mol. The SMILES string of the molecule is CCCCc1ccc(OCC2(CC#N)CC2)cc1. The first-order valence-corrected chi connectivity index (χ1v) is 6.87. The van der Waals surface area contributed by atoms with E-state index >= 15 is 0 Å². The van der Waals surface area contributed by atoms with E-state index in [4.69, 9.17) is 10.00 Å². The molecule has 0 aliphatic heterocycles. The highest BCUT2D eigenvalue weighted by Gasteiger charge is 2.43. The van der Waals surface area contributed by atoms with Crippen LogP contribution in [0.4, 0.5) is 0 Å². The highest BCUT2D eigenvalue weighted by atomic mass is 16.5. The molecular weight excluding hydrogens is 222 g/mol. The zero-order valence-electron chi connectivity index (χ0n) is 11.1. The van der Waals surface area contributed by atoms with Gasteiger partial charge in [-0.25, -0.2) is 0 Å². The topological polar surface area (TPSA) is 33.0 Å². The summed E-state index contributed by atoms with van der Waals surface area (Å²) >= 11 is 0. The van der Waals surface area contributed by atoms with Crippen LogP contribution in [-0.4, -0.2) is 6.61 Å². The number of rotatable bonds is 7. The fraction of sp³-hybridized carbons (Fsp3) is 0.562. The Labute approximate surface area is 110 Å². The lowest BCUT2D eigenvalue weighted by Crippen LogP contribution is -2.12. The normalized spacial score (nSPS) is 16.0. The fourth-order valence-corrected chi connectivity index (χ4v) is 2.09. The van der Waals surface area contributed by atoms with Crippen molar-refractivity contribution in [2.24, 2.45) is 5.41 Å². The first-order valence-electron chi connectivity index (χ1n) is 6.87. The predicted octanol–water partition coefficient (Wildman–Crippen LogP) is 4.10. The van der Waals surface area contributed by atoms with Crippen molar-refractivity contribution < 1.29 is 4.74 Å². The van der Waals surface area contributed by atoms with Crippen molar-refractivity contribution in [1.82, 2.24) is 0 Å². The molecule has 0 N–H and O–H groups in total. The summed E-state index contributed by atoms with van der Waals surface area (Å²) in [4.78, 5) is 0. The third-order valence-corrected chi connectivity index (χ3v) is 3.70. The lowest BCUT2D eigenvalue weighted by Gasteiger charge is -2.13. The van der Waals surface area contributed by atoms with Gasteiger partial charge in [-0.15, -0.1) is 0 Å². The van der Waals surface area contributed by atoms with Gasteiger partial charge in [-0.1, -0.05) is 25.5 Å². The Morgan fingerprint density at radius 1 is 1.28 bits per heavy atom. The average Bonchev–Trinajstić information content (AvgIpc) is 3.16. The van der Waals surface area contributed by atoms with Gasteiger partial charge in [0.25, 0.3) is 0 Å². The molecule has 1 aromatic carbocycles. The Kier molecular flexibility index (Phi) is 4.25. The van der Waals surface area contributed by atoms with Crippen molar-refractivity contribution in [3.8, 4) is 11.8 Å². The number of unbranched alkanes of at least 4 members (excludes halogenated alkanes) is 1. The van der Waals surface area contributed by atoms with Gasteiger partial charge in [0.2, 0.25) is 0 Å². The van der Waals surface area contributed by atoms with Gasteiger partial charge in [-0.2, -0.15) is 5.26 Å². The Bertz CT molecular complexity index is 412. The molecule has 0 atom stereocenters. The highest BCUT2D eigenvalue weighted by molar-refractivity contribution is 5.27. The lowest BCUT2D eigenvalue weighted by atomic mass is 10.1. The molecule has 2 nitrogen and oxygen atoms in total. The molecule has 18 heavy (non-hydrogen) atoms. The quantitative estimate of drug-likeness (QED) is 0.722. The highest BCUT2D eigenvalue weighted by Crippen LogP contribution is 2.48. The maximum absolute atomic E-state index is 8.75. The zero-order valence-corrected chi connectivity index (χ0v) is 11.1. The van der Waals surface area contributed by atoms with E-state index in [9.17, 15) is 0 Å². The van der Waals surface area contributed by atoms with Crippen molar-refractivity contribution in [3.05, 3.63) is 29.8 Å². The molecule has 0 radical (unpaired) electrons. The second kappa shape index (κ2) is 5.91. The molecule has 0 unspecified atom stereocenters. The molecule has 1 aliphatic rings. The summed E-state index contributed by atoms with van der Waals surface area (Å²) in [6, 6.07) is 10.7. The largest absolute Gasteiger partial charge is 0.493 e. The van der Waals surface area contributed by atoms with Gasteiger partial charge in [0, 0.05) is 11.8 Å². The molecule has 1 fully saturated rings. The molecule has 2 rings (SSSR count). The first-order chi connectivity index (χ1) is 8.78. The van der Waals surface area contributed by atoms with E-state index < -0.39 is 0 Å². The van der Waals surface area contributed by atoms with E-state index in [0.29, 0.717) is 13.0 Å². The molecule has 1 aromatic rings. The van der Waals surface area contributed by atoms with Crippen LogP contribution in [0.3, 0.4) is 0 Å². The molecule has 96 valence electrons. The van der Waals surface area contributed by atoms with Gasteiger partial charge < -0.3 is 4.74 Å². The minimum atomic E-state index is 0.162. The van der Waals surface area contributed by atoms with Crippen LogP contribution in [0, 0.1) is 16.7 Å². The maximum atomic E-state index is 8.75. The van der Waals surface area contributed by atoms with Crippen LogP contribution in [-0.2, 0) is 6.42 Å². The van der Waals surface area contributed by atoms with Crippen LogP contribution in [0.5, 0.6) is 5.75 Å². The average molecular weight is 243 g/mol. The van der Waals surface area contributed by atoms with Crippen LogP contribution in [0.25, 0.3) is 0 Å². The Morgan fingerprint density at radius 2 is 2.00 bits per heavy atom. The molecule has 2 heteroatoms. The summed E-state index contributed by atoms with van der Waals surface area (Å²) in [5.41, 5.74) is 1.54. The van der Waals surface area contributed by atoms with E-state index in [2.05, 4.69) is 25.1 Å². The summed E-state index contributed by atoms with van der Waals surface area (Å²) in [6.07, 6.45) is 6.52. The van der Waals surface area contributed by atoms with Gasteiger partial charge in [-0.05, 0) is 43.4 Å². The van der Waals surface area contributed by atoms with Crippen LogP contribution >= 0.6 is 0 Å². The number of nitrogens with zero attached hydrogens (tertiary/aromatic N) is 1. The summed E-state index contributed by atoms with van der Waals surface area (Å²) in [5, 5.41) is 8.75. The molecule has 1 saturated carbocycles. The lowest BCUT2D eigenvalue weighted by molar-refractivity contribution is 0.237. The summed E-state index contributed by atoms with van der Waals surface area (Å²) < 4.78 is 5.79. The molecule has 1 aliphatic carbocycles. The third-order valence-electron chi connectivity index (χ3n) is 3.70. The zero-order chi connectivity index (χ0) is 12.8. The van der Waals surface area contributed by atoms with E-state index in [1.165, 1.54) is 18.4 Å². The second-order valence-corrected chi connectivity index (χ2v) is 5.37. The number of ether oxygens (including phenoxy) is 1. The van der Waals surface area contributed by atoms with Gasteiger partial charge in [0.15, 0.2) is 0 Å². The van der Waals surface area contributed by atoms with Gasteiger partial charge in [-0.3, -0.25) is 0 Å². The van der Waals surface area contributed by atoms with E-state index in [-0.39, 0.29) is 5.41 Å². The van der Waals surface area contributed by atoms with Crippen molar-refractivity contribution >= 4 is 0 Å². The van der Waals surface area contributed by atoms with E-state index in [1.54, 1.807) is 0 Å². The molecule has 0 amide bonds. The van der Waals surface area contributed by atoms with E-state index in [0.717, 1.165) is 25.0 Å². The Morgan fingerprint density at radius 3 is 2.56 bits per heavy atom. The smallest absolute Gasteiger partial charge is 0.119 e. The molecule has 0 spiro atoms. The molecular formula is C16H21NO. The minimum absolute atomic E-state index is 0.162. The van der Waals surface area contributed by atoms with Crippen molar-refractivity contribution in [2.75, 3.05) is 6.61 Å². The maximum Gasteiger partial charge on any atom is 0.119 e. The van der Waals surface area contributed by atoms with Crippen molar-refractivity contribution in [2.45, 2.75) is 45.4 Å². The molecule has 0 bridgehead atoms. The van der Waals surface area contributed by atoms with Crippen LogP contribution in [0.15, 0.2) is 24.3 Å². The fourth-order valence-electron chi connectivity index (χ4n) is 2.09. The standard InChI is InChI=1S/C16H21NO/c1-2-3-4-14-5-7-15(8-6-14)18-13-16(9-10-16)11-12-17/h5-8H,2-4,9-11,13H2,1H3. The third kappa shape index (κ3) is 3.50. The summed E-state index contributed by atoms with van der Waals surface area (Å²) in [6.45, 7) is 2.90. The van der Waals surface area contributed by atoms with Crippen molar-refractivity contribution in [1.29, 1.82) is 5.26 Å². The number of aryl methyl sites for hydroxylation is 1. The number of hydrogen-bond donors (Lipinski definition) is 0. The predicted molar refractivity (Wildman–Crippen MR) is 72.4 cm³/mol. The molecule has 0 aromatic heterocycles. The number of benzene rings is 1. The Hall–Kier alpha value is -1.49. The van der Waals surface area contributed by atoms with Crippen LogP contribution < -0.4 is 4.74 Å². The molecule has 0 heterocycles. The van der Waals surface area contributed by atoms with Crippen LogP contribution in [0.1, 0.15) is 44.6 Å².